The smallest absolute Gasteiger partial charge is 0.130 e. The monoisotopic (exact) mass is 360 g/mol. The number of aromatic nitrogens is 2. The van der Waals surface area contributed by atoms with Crippen molar-refractivity contribution in [2.45, 2.75) is 19.3 Å². The molecule has 0 saturated carbocycles. The van der Waals surface area contributed by atoms with Crippen LogP contribution < -0.4 is 0 Å². The van der Waals surface area contributed by atoms with Crippen LogP contribution in [-0.4, -0.2) is 15.1 Å². The number of hydrogen-bond acceptors (Lipinski definition) is 1. The molecule has 19 heavy (non-hydrogen) atoms. The van der Waals surface area contributed by atoms with Crippen LogP contribution in [0.2, 0.25) is 10.2 Å². The molecule has 0 N–H and O–H groups in total. The molecule has 0 aliphatic rings. The van der Waals surface area contributed by atoms with E-state index in [0.29, 0.717) is 5.15 Å². The highest BCUT2D eigenvalue weighted by molar-refractivity contribution is 9.09. The molecule has 0 spiro atoms. The molecule has 0 fully saturated rings. The molecule has 0 aliphatic heterocycles. The van der Waals surface area contributed by atoms with E-state index in [4.69, 9.17) is 23.2 Å². The predicted molar refractivity (Wildman–Crippen MR) is 84.6 cm³/mol. The molecule has 2 rings (SSSR count). The summed E-state index contributed by atoms with van der Waals surface area (Å²) in [6.07, 6.45) is 0.827. The molecule has 1 aromatic heterocycles. The minimum Gasteiger partial charge on any atom is -0.257 e. The fourth-order valence-electron chi connectivity index (χ4n) is 2.21. The van der Waals surface area contributed by atoms with Crippen LogP contribution in [0.15, 0.2) is 24.3 Å². The van der Waals surface area contributed by atoms with Gasteiger partial charge in [0, 0.05) is 23.0 Å². The number of benzene rings is 1. The Hall–Kier alpha value is -0.510. The lowest BCUT2D eigenvalue weighted by Gasteiger charge is -2.16. The normalized spacial score (nSPS) is 12.7. The minimum atomic E-state index is 0.286. The van der Waals surface area contributed by atoms with Crippen molar-refractivity contribution in [3.05, 3.63) is 51.3 Å². The molecular formula is C14H15BrCl2N2. The van der Waals surface area contributed by atoms with Crippen molar-refractivity contribution in [2.24, 2.45) is 7.05 Å². The maximum Gasteiger partial charge on any atom is 0.130 e. The van der Waals surface area contributed by atoms with Crippen molar-refractivity contribution < 1.29 is 0 Å². The molecule has 102 valence electrons. The standard InChI is InChI=1S/C14H15BrCl2N2/c1-9-12(14(17)19(2)18-9)7-10(8-15)11-5-3-4-6-13(11)16/h3-6,10H,7-8H2,1-2H3. The number of aryl methyl sites for hydroxylation is 2. The van der Waals surface area contributed by atoms with E-state index in [1.807, 2.05) is 32.2 Å². The number of alkyl halides is 1. The Morgan fingerprint density at radius 3 is 2.53 bits per heavy atom. The summed E-state index contributed by atoms with van der Waals surface area (Å²) in [4.78, 5) is 0. The van der Waals surface area contributed by atoms with E-state index in [1.54, 1.807) is 4.68 Å². The fraction of sp³-hybridized carbons (Fsp3) is 0.357. The first-order valence-corrected chi connectivity index (χ1v) is 7.90. The molecule has 0 bridgehead atoms. The Kier molecular flexibility index (Phi) is 4.93. The summed E-state index contributed by atoms with van der Waals surface area (Å²) in [5.41, 5.74) is 3.21. The van der Waals surface area contributed by atoms with E-state index in [1.165, 1.54) is 0 Å². The Balaban J connectivity index is 2.32. The lowest BCUT2D eigenvalue weighted by Crippen LogP contribution is -2.06. The average Bonchev–Trinajstić information content (AvgIpc) is 2.63. The molecule has 2 nitrogen and oxygen atoms in total. The third-order valence-electron chi connectivity index (χ3n) is 3.25. The highest BCUT2D eigenvalue weighted by Gasteiger charge is 2.19. The third-order valence-corrected chi connectivity index (χ3v) is 4.85. The summed E-state index contributed by atoms with van der Waals surface area (Å²) in [5.74, 6) is 0.286. The van der Waals surface area contributed by atoms with E-state index >= 15 is 0 Å². The van der Waals surface area contributed by atoms with Gasteiger partial charge < -0.3 is 0 Å². The number of hydrogen-bond donors (Lipinski definition) is 0. The van der Waals surface area contributed by atoms with E-state index in [0.717, 1.165) is 33.6 Å². The van der Waals surface area contributed by atoms with Crippen LogP contribution in [0.25, 0.3) is 0 Å². The van der Waals surface area contributed by atoms with Crippen molar-refractivity contribution >= 4 is 39.1 Å². The zero-order valence-electron chi connectivity index (χ0n) is 10.8. The minimum absolute atomic E-state index is 0.286. The highest BCUT2D eigenvalue weighted by Crippen LogP contribution is 2.32. The summed E-state index contributed by atoms with van der Waals surface area (Å²) >= 11 is 16.1. The molecule has 1 aromatic carbocycles. The molecule has 0 radical (unpaired) electrons. The Morgan fingerprint density at radius 1 is 1.32 bits per heavy atom. The Morgan fingerprint density at radius 2 is 2.00 bits per heavy atom. The second-order valence-corrected chi connectivity index (χ2v) is 5.97. The van der Waals surface area contributed by atoms with Crippen LogP contribution in [0.4, 0.5) is 0 Å². The van der Waals surface area contributed by atoms with E-state index in [9.17, 15) is 0 Å². The van der Waals surface area contributed by atoms with Gasteiger partial charge in [-0.3, -0.25) is 4.68 Å². The third kappa shape index (κ3) is 3.15. The molecule has 1 unspecified atom stereocenters. The van der Waals surface area contributed by atoms with Crippen LogP contribution in [0.5, 0.6) is 0 Å². The molecule has 0 amide bonds. The maximum atomic E-state index is 6.29. The van der Waals surface area contributed by atoms with Crippen LogP contribution >= 0.6 is 39.1 Å². The van der Waals surface area contributed by atoms with Crippen molar-refractivity contribution in [3.63, 3.8) is 0 Å². The topological polar surface area (TPSA) is 17.8 Å². The van der Waals surface area contributed by atoms with Gasteiger partial charge in [-0.05, 0) is 30.9 Å². The molecule has 2 aromatic rings. The van der Waals surface area contributed by atoms with Crippen LogP contribution in [0.1, 0.15) is 22.7 Å². The van der Waals surface area contributed by atoms with Gasteiger partial charge in [0.05, 0.1) is 5.69 Å². The molecule has 0 aliphatic carbocycles. The van der Waals surface area contributed by atoms with Gasteiger partial charge in [-0.2, -0.15) is 5.10 Å². The summed E-state index contributed by atoms with van der Waals surface area (Å²) in [5, 5.41) is 6.69. The van der Waals surface area contributed by atoms with Gasteiger partial charge in [0.15, 0.2) is 0 Å². The van der Waals surface area contributed by atoms with Crippen LogP contribution in [-0.2, 0) is 13.5 Å². The van der Waals surface area contributed by atoms with Crippen molar-refractivity contribution in [1.29, 1.82) is 0 Å². The molecular weight excluding hydrogens is 347 g/mol. The highest BCUT2D eigenvalue weighted by atomic mass is 79.9. The van der Waals surface area contributed by atoms with E-state index in [-0.39, 0.29) is 5.92 Å². The first-order chi connectivity index (χ1) is 9.04. The van der Waals surface area contributed by atoms with Gasteiger partial charge >= 0.3 is 0 Å². The first kappa shape index (κ1) is 14.9. The molecule has 0 saturated heterocycles. The molecule has 5 heteroatoms. The lowest BCUT2D eigenvalue weighted by molar-refractivity contribution is 0.755. The average molecular weight is 362 g/mol. The first-order valence-electron chi connectivity index (χ1n) is 6.03. The van der Waals surface area contributed by atoms with Crippen molar-refractivity contribution in [3.8, 4) is 0 Å². The Bertz CT molecular complexity index is 581. The van der Waals surface area contributed by atoms with Crippen molar-refractivity contribution in [2.75, 3.05) is 5.33 Å². The SMILES string of the molecule is Cc1nn(C)c(Cl)c1CC(CBr)c1ccccc1Cl. The largest absolute Gasteiger partial charge is 0.257 e. The van der Waals surface area contributed by atoms with E-state index in [2.05, 4.69) is 27.1 Å². The number of nitrogens with zero attached hydrogens (tertiary/aromatic N) is 2. The summed E-state index contributed by atoms with van der Waals surface area (Å²) < 4.78 is 1.71. The summed E-state index contributed by atoms with van der Waals surface area (Å²) in [6.45, 7) is 1.99. The maximum absolute atomic E-state index is 6.29. The molecule has 1 atom stereocenters. The second kappa shape index (κ2) is 6.29. The van der Waals surface area contributed by atoms with Gasteiger partial charge in [-0.1, -0.05) is 57.3 Å². The van der Waals surface area contributed by atoms with Gasteiger partial charge in [0.25, 0.3) is 0 Å². The van der Waals surface area contributed by atoms with Crippen molar-refractivity contribution in [1.82, 2.24) is 9.78 Å². The zero-order valence-corrected chi connectivity index (χ0v) is 13.9. The fourth-order valence-corrected chi connectivity index (χ4v) is 3.33. The predicted octanol–water partition coefficient (Wildman–Crippen LogP) is 4.76. The molecule has 1 heterocycles. The van der Waals surface area contributed by atoms with E-state index < -0.39 is 0 Å². The van der Waals surface area contributed by atoms with Gasteiger partial charge in [0.1, 0.15) is 5.15 Å². The second-order valence-electron chi connectivity index (χ2n) is 4.56. The summed E-state index contributed by atoms with van der Waals surface area (Å²) in [6, 6.07) is 7.94. The zero-order chi connectivity index (χ0) is 14.0. The quantitative estimate of drug-likeness (QED) is 0.718. The van der Waals surface area contributed by atoms with Gasteiger partial charge in [-0.25, -0.2) is 0 Å². The van der Waals surface area contributed by atoms with Gasteiger partial charge in [0.2, 0.25) is 0 Å². The summed E-state index contributed by atoms with van der Waals surface area (Å²) in [7, 11) is 1.86. The van der Waals surface area contributed by atoms with Gasteiger partial charge in [-0.15, -0.1) is 0 Å². The Labute approximate surface area is 131 Å². The lowest BCUT2D eigenvalue weighted by atomic mass is 9.94. The number of rotatable bonds is 4. The number of halogens is 3. The van der Waals surface area contributed by atoms with Crippen LogP contribution in [0.3, 0.4) is 0 Å². The van der Waals surface area contributed by atoms with Crippen LogP contribution in [0, 0.1) is 6.92 Å².